The molecule has 1 atom stereocenters. The zero-order chi connectivity index (χ0) is 29.2. The van der Waals surface area contributed by atoms with E-state index in [1.165, 1.54) is 12.1 Å². The molecule has 6 rings (SSSR count). The van der Waals surface area contributed by atoms with Gasteiger partial charge in [0.25, 0.3) is 0 Å². The molecule has 9 heteroatoms. The first-order valence-corrected chi connectivity index (χ1v) is 13.5. The van der Waals surface area contributed by atoms with E-state index in [0.29, 0.717) is 41.3 Å². The predicted octanol–water partition coefficient (Wildman–Crippen LogP) is 5.16. The van der Waals surface area contributed by atoms with Crippen LogP contribution in [0.5, 0.6) is 0 Å². The van der Waals surface area contributed by atoms with Crippen LogP contribution in [0.15, 0.2) is 102 Å². The number of carbonyl (C=O) groups is 4. The molecule has 0 aliphatic carbocycles. The molecule has 4 aromatic rings. The third-order valence-electron chi connectivity index (χ3n) is 7.35. The number of carboxylic acid groups (broad SMARTS) is 1. The molecule has 3 amide bonds. The van der Waals surface area contributed by atoms with Gasteiger partial charge in [-0.3, -0.25) is 19.4 Å². The number of fused-ring (bicyclic) bond motifs is 2. The van der Waals surface area contributed by atoms with Crippen LogP contribution in [0, 0.1) is 0 Å². The van der Waals surface area contributed by atoms with Gasteiger partial charge in [0.05, 0.1) is 17.0 Å². The van der Waals surface area contributed by atoms with Gasteiger partial charge in [-0.2, -0.15) is 0 Å². The fourth-order valence-electron chi connectivity index (χ4n) is 5.39. The van der Waals surface area contributed by atoms with Gasteiger partial charge in [0.15, 0.2) is 0 Å². The van der Waals surface area contributed by atoms with E-state index in [9.17, 15) is 24.3 Å². The third kappa shape index (κ3) is 5.27. The van der Waals surface area contributed by atoms with Gasteiger partial charge >= 0.3 is 5.97 Å². The Morgan fingerprint density at radius 3 is 2.38 bits per heavy atom. The third-order valence-corrected chi connectivity index (χ3v) is 7.35. The molecule has 9 nitrogen and oxygen atoms in total. The molecule has 0 bridgehead atoms. The number of carbonyl (C=O) groups excluding carboxylic acids is 3. The molecule has 1 unspecified atom stereocenters. The Morgan fingerprint density at radius 1 is 0.905 bits per heavy atom. The smallest absolute Gasteiger partial charge is 0.335 e. The number of carboxylic acids is 1. The number of nitrogens with zero attached hydrogens (tertiary/aromatic N) is 2. The standard InChI is InChI=1S/C33H26N4O5/c38-28(34-23-9-5-2-6-10-23)19-29(39)37-16-15-21-17-24(12-14-27(21)37)35-31(20-7-3-1-4-8-20)30-25-13-11-22(33(41)42)18-26(25)36-32(30)40/h1-14,17-18,30H,15-16,19H2,(H,34,38)(H,36,40)(H,41,42). The number of aliphatic imine (C=N–C) groups is 1. The first-order valence-electron chi connectivity index (χ1n) is 13.5. The maximum Gasteiger partial charge on any atom is 0.335 e. The number of rotatable bonds is 7. The summed E-state index contributed by atoms with van der Waals surface area (Å²) in [7, 11) is 0. The van der Waals surface area contributed by atoms with Gasteiger partial charge < -0.3 is 20.6 Å². The monoisotopic (exact) mass is 558 g/mol. The fraction of sp³-hybridized carbons (Fsp3) is 0.121. The summed E-state index contributed by atoms with van der Waals surface area (Å²) < 4.78 is 0. The second-order valence-corrected chi connectivity index (χ2v) is 10.1. The molecule has 0 radical (unpaired) electrons. The maximum absolute atomic E-state index is 13.2. The molecule has 4 aromatic carbocycles. The number of anilines is 3. The van der Waals surface area contributed by atoms with E-state index in [1.807, 2.05) is 60.7 Å². The van der Waals surface area contributed by atoms with E-state index in [4.69, 9.17) is 4.99 Å². The molecule has 42 heavy (non-hydrogen) atoms. The van der Waals surface area contributed by atoms with Crippen LogP contribution >= 0.6 is 0 Å². The van der Waals surface area contributed by atoms with Crippen molar-refractivity contribution in [3.05, 3.63) is 119 Å². The summed E-state index contributed by atoms with van der Waals surface area (Å²) >= 11 is 0. The summed E-state index contributed by atoms with van der Waals surface area (Å²) in [5, 5.41) is 14.9. The number of hydrogen-bond donors (Lipinski definition) is 3. The van der Waals surface area contributed by atoms with Crippen LogP contribution in [0.3, 0.4) is 0 Å². The average Bonchev–Trinajstić information content (AvgIpc) is 3.56. The van der Waals surface area contributed by atoms with E-state index >= 15 is 0 Å². The van der Waals surface area contributed by atoms with Gasteiger partial charge in [-0.05, 0) is 65.6 Å². The van der Waals surface area contributed by atoms with Crippen molar-refractivity contribution in [2.24, 2.45) is 4.99 Å². The molecule has 0 saturated heterocycles. The minimum atomic E-state index is -1.07. The SMILES string of the molecule is O=C(CC(=O)N1CCc2cc(N=C(c3ccccc3)C3C(=O)Nc4cc(C(=O)O)ccc43)ccc21)Nc1ccccc1. The van der Waals surface area contributed by atoms with E-state index < -0.39 is 11.9 Å². The quantitative estimate of drug-likeness (QED) is 0.213. The lowest BCUT2D eigenvalue weighted by atomic mass is 9.90. The van der Waals surface area contributed by atoms with E-state index in [1.54, 1.807) is 29.2 Å². The number of nitrogens with one attached hydrogen (secondary N) is 2. The molecular formula is C33H26N4O5. The number of para-hydroxylation sites is 1. The van der Waals surface area contributed by atoms with Gasteiger partial charge in [-0.1, -0.05) is 54.6 Å². The van der Waals surface area contributed by atoms with Crippen LogP contribution in [0.2, 0.25) is 0 Å². The molecule has 208 valence electrons. The minimum absolute atomic E-state index is 0.0863. The Labute approximate surface area is 241 Å². The Kier molecular flexibility index (Phi) is 7.06. The first-order chi connectivity index (χ1) is 20.4. The maximum atomic E-state index is 13.2. The number of amides is 3. The largest absolute Gasteiger partial charge is 0.478 e. The summed E-state index contributed by atoms with van der Waals surface area (Å²) in [6.45, 7) is 0.454. The van der Waals surface area contributed by atoms with E-state index in [0.717, 1.165) is 16.8 Å². The Balaban J connectivity index is 1.28. The zero-order valence-corrected chi connectivity index (χ0v) is 22.4. The number of aromatic carboxylic acids is 1. The minimum Gasteiger partial charge on any atom is -0.478 e. The molecule has 3 N–H and O–H groups in total. The summed E-state index contributed by atoms with van der Waals surface area (Å²) in [5.41, 5.74) is 5.38. The Bertz CT molecular complexity index is 1750. The van der Waals surface area contributed by atoms with Crippen molar-refractivity contribution in [3.63, 3.8) is 0 Å². The molecule has 2 heterocycles. The van der Waals surface area contributed by atoms with Gasteiger partial charge in [0, 0.05) is 23.6 Å². The predicted molar refractivity (Wildman–Crippen MR) is 160 cm³/mol. The lowest BCUT2D eigenvalue weighted by Crippen LogP contribution is -2.32. The average molecular weight is 559 g/mol. The summed E-state index contributed by atoms with van der Waals surface area (Å²) in [6.07, 6.45) is 0.336. The first kappa shape index (κ1) is 26.6. The van der Waals surface area contributed by atoms with Crippen LogP contribution in [0.25, 0.3) is 0 Å². The Morgan fingerprint density at radius 2 is 1.64 bits per heavy atom. The summed E-state index contributed by atoms with van der Waals surface area (Å²) in [5.74, 6) is -2.76. The van der Waals surface area contributed by atoms with Crippen LogP contribution in [0.4, 0.5) is 22.7 Å². The fourth-order valence-corrected chi connectivity index (χ4v) is 5.39. The molecule has 0 fully saturated rings. The van der Waals surface area contributed by atoms with Crippen LogP contribution in [-0.4, -0.2) is 41.1 Å². The van der Waals surface area contributed by atoms with Gasteiger partial charge in [-0.25, -0.2) is 4.79 Å². The second-order valence-electron chi connectivity index (χ2n) is 10.1. The van der Waals surface area contributed by atoms with Crippen LogP contribution < -0.4 is 15.5 Å². The normalized spacial score (nSPS) is 15.5. The van der Waals surface area contributed by atoms with Crippen molar-refractivity contribution in [1.82, 2.24) is 0 Å². The van der Waals surface area contributed by atoms with Crippen molar-refractivity contribution in [1.29, 1.82) is 0 Å². The lowest BCUT2D eigenvalue weighted by Gasteiger charge is -2.18. The second kappa shape index (κ2) is 11.1. The highest BCUT2D eigenvalue weighted by Gasteiger charge is 2.36. The highest BCUT2D eigenvalue weighted by Crippen LogP contribution is 2.38. The van der Waals surface area contributed by atoms with Gasteiger partial charge in [0.2, 0.25) is 17.7 Å². The van der Waals surface area contributed by atoms with E-state index in [-0.39, 0.29) is 29.7 Å². The molecule has 0 saturated carbocycles. The summed E-state index contributed by atoms with van der Waals surface area (Å²) in [4.78, 5) is 56.7. The molecule has 0 spiro atoms. The van der Waals surface area contributed by atoms with Crippen molar-refractivity contribution < 1.29 is 24.3 Å². The highest BCUT2D eigenvalue weighted by molar-refractivity contribution is 6.24. The van der Waals surface area contributed by atoms with Crippen molar-refractivity contribution in [2.45, 2.75) is 18.8 Å². The van der Waals surface area contributed by atoms with E-state index in [2.05, 4.69) is 10.6 Å². The van der Waals surface area contributed by atoms with Crippen molar-refractivity contribution in [2.75, 3.05) is 22.1 Å². The summed E-state index contributed by atoms with van der Waals surface area (Å²) in [6, 6.07) is 28.5. The number of benzene rings is 4. The number of hydrogen-bond acceptors (Lipinski definition) is 5. The lowest BCUT2D eigenvalue weighted by molar-refractivity contribution is -0.125. The van der Waals surface area contributed by atoms with Crippen LogP contribution in [-0.2, 0) is 20.8 Å². The Hall–Kier alpha value is -5.57. The topological polar surface area (TPSA) is 128 Å². The van der Waals surface area contributed by atoms with Gasteiger partial charge in [0.1, 0.15) is 12.3 Å². The van der Waals surface area contributed by atoms with Crippen molar-refractivity contribution >= 4 is 52.2 Å². The zero-order valence-electron chi connectivity index (χ0n) is 22.4. The molecule has 2 aliphatic rings. The molecular weight excluding hydrogens is 532 g/mol. The van der Waals surface area contributed by atoms with Crippen molar-refractivity contribution in [3.8, 4) is 0 Å². The van der Waals surface area contributed by atoms with Gasteiger partial charge in [-0.15, -0.1) is 0 Å². The van der Waals surface area contributed by atoms with Crippen LogP contribution in [0.1, 0.15) is 39.4 Å². The highest BCUT2D eigenvalue weighted by atomic mass is 16.4. The molecule has 2 aliphatic heterocycles. The molecule has 0 aromatic heterocycles.